The summed E-state index contributed by atoms with van der Waals surface area (Å²) in [5.41, 5.74) is 5.86. The van der Waals surface area contributed by atoms with Crippen molar-refractivity contribution in [2.45, 2.75) is 46.5 Å². The maximum Gasteiger partial charge on any atom is 0.0425 e. The molecule has 2 rings (SSSR count). The van der Waals surface area contributed by atoms with E-state index in [1.165, 1.54) is 48.3 Å². The molecule has 0 radical (unpaired) electrons. The first-order chi connectivity index (χ1) is 7.59. The van der Waals surface area contributed by atoms with Gasteiger partial charge in [0.15, 0.2) is 0 Å². The van der Waals surface area contributed by atoms with Crippen LogP contribution in [-0.2, 0) is 0 Å². The van der Waals surface area contributed by atoms with Crippen molar-refractivity contribution in [3.8, 4) is 0 Å². The van der Waals surface area contributed by atoms with E-state index in [1.807, 2.05) is 0 Å². The van der Waals surface area contributed by atoms with Gasteiger partial charge < -0.3 is 4.90 Å². The van der Waals surface area contributed by atoms with E-state index in [2.05, 4.69) is 44.7 Å². The maximum absolute atomic E-state index is 2.55. The van der Waals surface area contributed by atoms with Crippen LogP contribution in [0.25, 0.3) is 0 Å². The van der Waals surface area contributed by atoms with Crippen LogP contribution in [0, 0.1) is 13.8 Å². The summed E-state index contributed by atoms with van der Waals surface area (Å²) in [6.45, 7) is 11.5. The highest BCUT2D eigenvalue weighted by Gasteiger charge is 2.17. The highest BCUT2D eigenvalue weighted by atomic mass is 15.1. The van der Waals surface area contributed by atoms with Crippen LogP contribution in [0.15, 0.2) is 12.1 Å². The van der Waals surface area contributed by atoms with Gasteiger partial charge in [0.05, 0.1) is 0 Å². The number of benzene rings is 1. The van der Waals surface area contributed by atoms with Crippen molar-refractivity contribution >= 4 is 5.69 Å². The van der Waals surface area contributed by atoms with Gasteiger partial charge in [-0.3, -0.25) is 0 Å². The Bertz CT molecular complexity index is 350. The molecule has 16 heavy (non-hydrogen) atoms. The molecule has 0 saturated carbocycles. The van der Waals surface area contributed by atoms with E-state index in [0.717, 1.165) is 0 Å². The van der Waals surface area contributed by atoms with Crippen molar-refractivity contribution < 1.29 is 0 Å². The molecule has 88 valence electrons. The predicted octanol–water partition coefficient (Wildman–Crippen LogP) is 4.03. The third-order valence-electron chi connectivity index (χ3n) is 3.60. The number of anilines is 1. The summed E-state index contributed by atoms with van der Waals surface area (Å²) in [5.74, 6) is 0.630. The first-order valence-electron chi connectivity index (χ1n) is 6.45. The first kappa shape index (κ1) is 11.5. The molecule has 0 aromatic heterocycles. The Hall–Kier alpha value is -0.980. The van der Waals surface area contributed by atoms with E-state index in [1.54, 1.807) is 0 Å². The van der Waals surface area contributed by atoms with Crippen LogP contribution in [0.3, 0.4) is 0 Å². The van der Waals surface area contributed by atoms with Gasteiger partial charge in [0.25, 0.3) is 0 Å². The van der Waals surface area contributed by atoms with E-state index < -0.39 is 0 Å². The molecule has 1 aliphatic rings. The molecule has 0 spiro atoms. The lowest BCUT2D eigenvalue weighted by Crippen LogP contribution is -2.20. The largest absolute Gasteiger partial charge is 0.371 e. The van der Waals surface area contributed by atoms with Crippen LogP contribution in [0.4, 0.5) is 5.69 Å². The topological polar surface area (TPSA) is 3.24 Å². The molecule has 0 unspecified atom stereocenters. The molecule has 1 saturated heterocycles. The second kappa shape index (κ2) is 4.48. The summed E-state index contributed by atoms with van der Waals surface area (Å²) in [6, 6.07) is 4.73. The van der Waals surface area contributed by atoms with Gasteiger partial charge >= 0.3 is 0 Å². The van der Waals surface area contributed by atoms with Crippen molar-refractivity contribution in [1.29, 1.82) is 0 Å². The molecule has 1 aromatic rings. The zero-order chi connectivity index (χ0) is 11.7. The average Bonchev–Trinajstić information content (AvgIpc) is 2.69. The molecule has 1 aromatic carbocycles. The Balaban J connectivity index is 2.38. The molecule has 1 aliphatic heterocycles. The van der Waals surface area contributed by atoms with E-state index in [4.69, 9.17) is 0 Å². The molecule has 1 heterocycles. The minimum absolute atomic E-state index is 0.630. The van der Waals surface area contributed by atoms with Crippen LogP contribution < -0.4 is 4.90 Å². The van der Waals surface area contributed by atoms with Gasteiger partial charge in [0.2, 0.25) is 0 Å². The lowest BCUT2D eigenvalue weighted by atomic mass is 9.96. The zero-order valence-corrected chi connectivity index (χ0v) is 11.0. The monoisotopic (exact) mass is 217 g/mol. The van der Waals surface area contributed by atoms with E-state index >= 15 is 0 Å². The summed E-state index contributed by atoms with van der Waals surface area (Å²) in [5, 5.41) is 0. The molecular weight excluding hydrogens is 194 g/mol. The van der Waals surface area contributed by atoms with E-state index in [0.29, 0.717) is 5.92 Å². The van der Waals surface area contributed by atoms with E-state index in [9.17, 15) is 0 Å². The summed E-state index contributed by atoms with van der Waals surface area (Å²) >= 11 is 0. The SMILES string of the molecule is Cc1cc(C(C)C)cc(C)c1N1CCCC1. The molecule has 1 nitrogen and oxygen atoms in total. The fourth-order valence-electron chi connectivity index (χ4n) is 2.76. The number of hydrogen-bond donors (Lipinski definition) is 0. The lowest BCUT2D eigenvalue weighted by Gasteiger charge is -2.24. The van der Waals surface area contributed by atoms with Crippen LogP contribution in [0.2, 0.25) is 0 Å². The third kappa shape index (κ3) is 2.09. The fraction of sp³-hybridized carbons (Fsp3) is 0.600. The van der Waals surface area contributed by atoms with Gasteiger partial charge in [-0.05, 0) is 49.3 Å². The highest BCUT2D eigenvalue weighted by molar-refractivity contribution is 5.61. The Kier molecular flexibility index (Phi) is 3.22. The van der Waals surface area contributed by atoms with Crippen molar-refractivity contribution in [1.82, 2.24) is 0 Å². The summed E-state index contributed by atoms with van der Waals surface area (Å²) in [6.07, 6.45) is 2.70. The van der Waals surface area contributed by atoms with Crippen LogP contribution in [0.5, 0.6) is 0 Å². The average molecular weight is 217 g/mol. The predicted molar refractivity (Wildman–Crippen MR) is 71.5 cm³/mol. The van der Waals surface area contributed by atoms with Crippen molar-refractivity contribution in [2.75, 3.05) is 18.0 Å². The first-order valence-corrected chi connectivity index (χ1v) is 6.45. The summed E-state index contributed by atoms with van der Waals surface area (Å²) in [4.78, 5) is 2.55. The Morgan fingerprint density at radius 2 is 1.50 bits per heavy atom. The quantitative estimate of drug-likeness (QED) is 0.723. The number of aryl methyl sites for hydroxylation is 2. The summed E-state index contributed by atoms with van der Waals surface area (Å²) in [7, 11) is 0. The highest BCUT2D eigenvalue weighted by Crippen LogP contribution is 2.31. The molecule has 0 bridgehead atoms. The van der Waals surface area contributed by atoms with Crippen molar-refractivity contribution in [3.05, 3.63) is 28.8 Å². The molecule has 0 aliphatic carbocycles. The zero-order valence-electron chi connectivity index (χ0n) is 11.0. The molecule has 0 amide bonds. The maximum atomic E-state index is 2.55. The fourth-order valence-corrected chi connectivity index (χ4v) is 2.76. The van der Waals surface area contributed by atoms with Gasteiger partial charge in [-0.2, -0.15) is 0 Å². The second-order valence-corrected chi connectivity index (χ2v) is 5.35. The Morgan fingerprint density at radius 3 is 1.94 bits per heavy atom. The Morgan fingerprint density at radius 1 is 1.00 bits per heavy atom. The van der Waals surface area contributed by atoms with E-state index in [-0.39, 0.29) is 0 Å². The smallest absolute Gasteiger partial charge is 0.0425 e. The minimum Gasteiger partial charge on any atom is -0.371 e. The molecule has 0 atom stereocenters. The van der Waals surface area contributed by atoms with Gasteiger partial charge in [-0.25, -0.2) is 0 Å². The standard InChI is InChI=1S/C15H23N/c1-11(2)14-9-12(3)15(13(4)10-14)16-7-5-6-8-16/h9-11H,5-8H2,1-4H3. The molecule has 1 fully saturated rings. The third-order valence-corrected chi connectivity index (χ3v) is 3.60. The van der Waals surface area contributed by atoms with Gasteiger partial charge in [0, 0.05) is 18.8 Å². The van der Waals surface area contributed by atoms with Crippen LogP contribution in [0.1, 0.15) is 49.3 Å². The number of rotatable bonds is 2. The van der Waals surface area contributed by atoms with Gasteiger partial charge in [-0.1, -0.05) is 26.0 Å². The van der Waals surface area contributed by atoms with Gasteiger partial charge in [-0.15, -0.1) is 0 Å². The number of hydrogen-bond acceptors (Lipinski definition) is 1. The number of nitrogens with zero attached hydrogens (tertiary/aromatic N) is 1. The summed E-state index contributed by atoms with van der Waals surface area (Å²) < 4.78 is 0. The minimum atomic E-state index is 0.630. The van der Waals surface area contributed by atoms with Gasteiger partial charge in [0.1, 0.15) is 0 Å². The van der Waals surface area contributed by atoms with Crippen LogP contribution in [-0.4, -0.2) is 13.1 Å². The van der Waals surface area contributed by atoms with Crippen molar-refractivity contribution in [2.24, 2.45) is 0 Å². The molecular formula is C15H23N. The van der Waals surface area contributed by atoms with Crippen molar-refractivity contribution in [3.63, 3.8) is 0 Å². The molecule has 0 N–H and O–H groups in total. The Labute approximate surface area is 99.5 Å². The normalized spacial score (nSPS) is 16.2. The van der Waals surface area contributed by atoms with Crippen LogP contribution >= 0.6 is 0 Å². The second-order valence-electron chi connectivity index (χ2n) is 5.35. The molecule has 1 heteroatoms. The lowest BCUT2D eigenvalue weighted by molar-refractivity contribution is 0.859.